The summed E-state index contributed by atoms with van der Waals surface area (Å²) < 4.78 is 0. The molecule has 0 aromatic heterocycles. The van der Waals surface area contributed by atoms with E-state index in [1.54, 1.807) is 0 Å². The zero-order valence-corrected chi connectivity index (χ0v) is 12.4. The van der Waals surface area contributed by atoms with Crippen LogP contribution in [0.3, 0.4) is 0 Å². The number of nitrogens with one attached hydrogen (secondary N) is 1. The SMILES string of the molecule is CCC1CCNC(C2(O)CCCCC2C(C)C)C1. The van der Waals surface area contributed by atoms with Crippen LogP contribution in [-0.2, 0) is 0 Å². The first-order valence-electron chi connectivity index (χ1n) is 8.03. The molecule has 0 bridgehead atoms. The highest BCUT2D eigenvalue weighted by Gasteiger charge is 2.47. The van der Waals surface area contributed by atoms with E-state index in [9.17, 15) is 5.11 Å². The molecule has 0 radical (unpaired) electrons. The van der Waals surface area contributed by atoms with Crippen LogP contribution < -0.4 is 5.32 Å². The second-order valence-electron chi connectivity index (χ2n) is 6.89. The van der Waals surface area contributed by atoms with Crippen molar-refractivity contribution in [1.29, 1.82) is 0 Å². The average molecular weight is 253 g/mol. The van der Waals surface area contributed by atoms with Gasteiger partial charge in [-0.25, -0.2) is 0 Å². The van der Waals surface area contributed by atoms with E-state index >= 15 is 0 Å². The van der Waals surface area contributed by atoms with Gasteiger partial charge in [0.15, 0.2) is 0 Å². The molecule has 1 aliphatic carbocycles. The van der Waals surface area contributed by atoms with Crippen LogP contribution in [0.5, 0.6) is 0 Å². The minimum atomic E-state index is -0.444. The van der Waals surface area contributed by atoms with Crippen LogP contribution in [0.25, 0.3) is 0 Å². The van der Waals surface area contributed by atoms with Crippen LogP contribution in [-0.4, -0.2) is 23.3 Å². The molecule has 1 saturated heterocycles. The highest BCUT2D eigenvalue weighted by atomic mass is 16.3. The van der Waals surface area contributed by atoms with Gasteiger partial charge in [-0.15, -0.1) is 0 Å². The van der Waals surface area contributed by atoms with Crippen LogP contribution >= 0.6 is 0 Å². The maximum Gasteiger partial charge on any atom is 0.0830 e. The maximum absolute atomic E-state index is 11.3. The second kappa shape index (κ2) is 5.92. The fourth-order valence-corrected chi connectivity index (χ4v) is 4.30. The van der Waals surface area contributed by atoms with Crippen LogP contribution in [0.4, 0.5) is 0 Å². The van der Waals surface area contributed by atoms with Gasteiger partial charge in [0.2, 0.25) is 0 Å². The normalized spacial score (nSPS) is 42.2. The first-order valence-corrected chi connectivity index (χ1v) is 8.03. The van der Waals surface area contributed by atoms with Gasteiger partial charge < -0.3 is 10.4 Å². The van der Waals surface area contributed by atoms with E-state index in [0.29, 0.717) is 17.9 Å². The van der Waals surface area contributed by atoms with Crippen molar-refractivity contribution in [3.05, 3.63) is 0 Å². The van der Waals surface area contributed by atoms with Crippen molar-refractivity contribution in [2.45, 2.75) is 77.4 Å². The lowest BCUT2D eigenvalue weighted by atomic mass is 9.64. The van der Waals surface area contributed by atoms with E-state index < -0.39 is 5.60 Å². The van der Waals surface area contributed by atoms with Crippen LogP contribution in [0, 0.1) is 17.8 Å². The van der Waals surface area contributed by atoms with E-state index in [1.165, 1.54) is 38.5 Å². The molecule has 18 heavy (non-hydrogen) atoms. The minimum Gasteiger partial charge on any atom is -0.388 e. The fraction of sp³-hybridized carbons (Fsp3) is 1.00. The maximum atomic E-state index is 11.3. The Bertz CT molecular complexity index is 266. The van der Waals surface area contributed by atoms with Gasteiger partial charge in [0, 0.05) is 6.04 Å². The van der Waals surface area contributed by atoms with Crippen molar-refractivity contribution in [3.63, 3.8) is 0 Å². The summed E-state index contributed by atoms with van der Waals surface area (Å²) in [5.74, 6) is 1.90. The van der Waals surface area contributed by atoms with Gasteiger partial charge in [-0.05, 0) is 50.0 Å². The third-order valence-corrected chi connectivity index (χ3v) is 5.48. The fourth-order valence-electron chi connectivity index (χ4n) is 4.30. The Morgan fingerprint density at radius 1 is 1.28 bits per heavy atom. The van der Waals surface area contributed by atoms with Crippen molar-refractivity contribution >= 4 is 0 Å². The Kier molecular flexibility index (Phi) is 4.71. The topological polar surface area (TPSA) is 32.3 Å². The first-order chi connectivity index (χ1) is 8.58. The number of hydrogen-bond acceptors (Lipinski definition) is 2. The zero-order chi connectivity index (χ0) is 13.2. The zero-order valence-electron chi connectivity index (χ0n) is 12.4. The lowest BCUT2D eigenvalue weighted by Crippen LogP contribution is -2.60. The van der Waals surface area contributed by atoms with E-state index in [1.807, 2.05) is 0 Å². The Hall–Kier alpha value is -0.0800. The molecule has 1 aliphatic heterocycles. The largest absolute Gasteiger partial charge is 0.388 e. The lowest BCUT2D eigenvalue weighted by molar-refractivity contribution is -0.102. The molecule has 0 aromatic rings. The molecule has 1 saturated carbocycles. The smallest absolute Gasteiger partial charge is 0.0830 e. The lowest BCUT2D eigenvalue weighted by Gasteiger charge is -2.49. The summed E-state index contributed by atoms with van der Waals surface area (Å²) in [5, 5.41) is 14.9. The average Bonchev–Trinajstić information content (AvgIpc) is 2.39. The molecule has 1 heterocycles. The van der Waals surface area contributed by atoms with Crippen LogP contribution in [0.15, 0.2) is 0 Å². The van der Waals surface area contributed by atoms with Crippen LogP contribution in [0.2, 0.25) is 0 Å². The van der Waals surface area contributed by atoms with Crippen molar-refractivity contribution < 1.29 is 5.11 Å². The Labute approximate surface area is 113 Å². The number of aliphatic hydroxyl groups is 1. The summed E-state index contributed by atoms with van der Waals surface area (Å²) in [7, 11) is 0. The molecule has 2 heteroatoms. The Balaban J connectivity index is 2.11. The van der Waals surface area contributed by atoms with Crippen LogP contribution in [0.1, 0.15) is 65.7 Å². The van der Waals surface area contributed by atoms with E-state index in [2.05, 4.69) is 26.1 Å². The summed E-state index contributed by atoms with van der Waals surface area (Å²) in [6.45, 7) is 7.94. The molecule has 2 fully saturated rings. The summed E-state index contributed by atoms with van der Waals surface area (Å²) in [6, 6.07) is 0.337. The molecule has 0 aromatic carbocycles. The van der Waals surface area contributed by atoms with Gasteiger partial charge in [0.05, 0.1) is 5.60 Å². The van der Waals surface area contributed by atoms with Gasteiger partial charge in [-0.1, -0.05) is 40.0 Å². The minimum absolute atomic E-state index is 0.337. The van der Waals surface area contributed by atoms with Gasteiger partial charge in [-0.2, -0.15) is 0 Å². The van der Waals surface area contributed by atoms with E-state index in [-0.39, 0.29) is 0 Å². The van der Waals surface area contributed by atoms with Crippen molar-refractivity contribution in [1.82, 2.24) is 5.32 Å². The highest BCUT2D eigenvalue weighted by Crippen LogP contribution is 2.43. The highest BCUT2D eigenvalue weighted by molar-refractivity contribution is 5.01. The molecular formula is C16H31NO. The Morgan fingerprint density at radius 3 is 2.72 bits per heavy atom. The number of hydrogen-bond donors (Lipinski definition) is 2. The summed E-state index contributed by atoms with van der Waals surface area (Å²) in [4.78, 5) is 0. The first kappa shape index (κ1) is 14.3. The van der Waals surface area contributed by atoms with Gasteiger partial charge in [-0.3, -0.25) is 0 Å². The Morgan fingerprint density at radius 2 is 2.06 bits per heavy atom. The van der Waals surface area contributed by atoms with Crippen molar-refractivity contribution in [2.24, 2.45) is 17.8 Å². The molecule has 4 unspecified atom stereocenters. The molecule has 2 aliphatic rings. The molecular weight excluding hydrogens is 222 g/mol. The molecule has 0 amide bonds. The van der Waals surface area contributed by atoms with Gasteiger partial charge in [0.1, 0.15) is 0 Å². The van der Waals surface area contributed by atoms with Gasteiger partial charge in [0.25, 0.3) is 0 Å². The quantitative estimate of drug-likeness (QED) is 0.808. The monoisotopic (exact) mass is 253 g/mol. The van der Waals surface area contributed by atoms with Crippen molar-refractivity contribution in [3.8, 4) is 0 Å². The molecule has 2 rings (SSSR count). The summed E-state index contributed by atoms with van der Waals surface area (Å²) in [6.07, 6.45) is 8.45. The number of rotatable bonds is 3. The third kappa shape index (κ3) is 2.75. The predicted octanol–water partition coefficient (Wildman–Crippen LogP) is 3.34. The number of piperidine rings is 1. The van der Waals surface area contributed by atoms with Gasteiger partial charge >= 0.3 is 0 Å². The molecule has 2 N–H and O–H groups in total. The third-order valence-electron chi connectivity index (χ3n) is 5.48. The standard InChI is InChI=1S/C16H31NO/c1-4-13-8-10-17-15(11-13)16(18)9-6-5-7-14(16)12(2)3/h12-15,17-18H,4-11H2,1-3H3. The second-order valence-corrected chi connectivity index (χ2v) is 6.89. The molecule has 2 nitrogen and oxygen atoms in total. The molecule has 0 spiro atoms. The summed E-state index contributed by atoms with van der Waals surface area (Å²) >= 11 is 0. The van der Waals surface area contributed by atoms with E-state index in [0.717, 1.165) is 18.9 Å². The summed E-state index contributed by atoms with van der Waals surface area (Å²) in [5.41, 5.74) is -0.444. The molecule has 4 atom stereocenters. The van der Waals surface area contributed by atoms with E-state index in [4.69, 9.17) is 0 Å². The predicted molar refractivity (Wildman–Crippen MR) is 76.6 cm³/mol. The molecule has 106 valence electrons. The van der Waals surface area contributed by atoms with Crippen molar-refractivity contribution in [2.75, 3.05) is 6.54 Å².